The topological polar surface area (TPSA) is 46.3 Å². The molecule has 0 bridgehead atoms. The van der Waals surface area contributed by atoms with E-state index in [0.717, 1.165) is 22.9 Å². The fraction of sp³-hybridized carbons (Fsp3) is 0.357. The van der Waals surface area contributed by atoms with Crippen molar-refractivity contribution in [2.75, 3.05) is 12.8 Å². The predicted octanol–water partition coefficient (Wildman–Crippen LogP) is 3.76. The maximum atomic E-state index is 12.5. The van der Waals surface area contributed by atoms with Gasteiger partial charge in [-0.2, -0.15) is 0 Å². The van der Waals surface area contributed by atoms with Gasteiger partial charge in [0.05, 0.1) is 10.7 Å². The van der Waals surface area contributed by atoms with Crippen LogP contribution in [-0.4, -0.2) is 23.9 Å². The first-order valence-electron chi connectivity index (χ1n) is 6.33. The zero-order valence-electron chi connectivity index (χ0n) is 10.6. The first-order chi connectivity index (χ1) is 9.09. The normalized spacial score (nSPS) is 15.5. The average Bonchev–Trinajstić information content (AvgIpc) is 2.65. The third kappa shape index (κ3) is 1.99. The minimum Gasteiger partial charge on any atom is -0.397 e. The molecule has 1 heterocycles. The molecule has 3 rings (SSSR count). The molecular formula is C14H15ClN2OS. The lowest BCUT2D eigenvalue weighted by molar-refractivity contribution is 0.0658. The molecule has 19 heavy (non-hydrogen) atoms. The summed E-state index contributed by atoms with van der Waals surface area (Å²) < 4.78 is 0.968. The molecule has 1 aliphatic carbocycles. The van der Waals surface area contributed by atoms with Crippen LogP contribution in [0.15, 0.2) is 18.2 Å². The third-order valence-electron chi connectivity index (χ3n) is 3.84. The summed E-state index contributed by atoms with van der Waals surface area (Å²) in [6.45, 7) is 0. The number of thiophene rings is 1. The average molecular weight is 295 g/mol. The Hall–Kier alpha value is -1.26. The van der Waals surface area contributed by atoms with Gasteiger partial charge in [0, 0.05) is 23.2 Å². The lowest BCUT2D eigenvalue weighted by Gasteiger charge is -2.34. The van der Waals surface area contributed by atoms with Crippen molar-refractivity contribution >= 4 is 44.6 Å². The number of carbonyl (C=O) groups excluding carboxylic acids is 1. The van der Waals surface area contributed by atoms with Crippen molar-refractivity contribution in [2.24, 2.45) is 0 Å². The van der Waals surface area contributed by atoms with Gasteiger partial charge in [-0.05, 0) is 31.4 Å². The first-order valence-corrected chi connectivity index (χ1v) is 7.52. The highest BCUT2D eigenvalue weighted by Gasteiger charge is 2.29. The molecule has 100 valence electrons. The van der Waals surface area contributed by atoms with Crippen molar-refractivity contribution in [1.82, 2.24) is 4.90 Å². The first kappa shape index (κ1) is 12.8. The largest absolute Gasteiger partial charge is 0.397 e. The summed E-state index contributed by atoms with van der Waals surface area (Å²) in [5, 5.41) is 1.41. The zero-order valence-corrected chi connectivity index (χ0v) is 12.2. The zero-order chi connectivity index (χ0) is 13.6. The molecule has 2 N–H and O–H groups in total. The third-order valence-corrected chi connectivity index (χ3v) is 5.31. The van der Waals surface area contributed by atoms with Crippen LogP contribution in [0.25, 0.3) is 10.1 Å². The van der Waals surface area contributed by atoms with Gasteiger partial charge in [-0.25, -0.2) is 0 Å². The van der Waals surface area contributed by atoms with Crippen molar-refractivity contribution in [2.45, 2.75) is 25.3 Å². The van der Waals surface area contributed by atoms with Crippen LogP contribution in [-0.2, 0) is 0 Å². The number of nitrogen functional groups attached to an aromatic ring is 1. The minimum absolute atomic E-state index is 0.0134. The second-order valence-corrected chi connectivity index (χ2v) is 6.42. The Kier molecular flexibility index (Phi) is 3.15. The molecule has 0 atom stereocenters. The second kappa shape index (κ2) is 4.69. The fourth-order valence-corrected chi connectivity index (χ4v) is 3.85. The minimum atomic E-state index is 0.0134. The summed E-state index contributed by atoms with van der Waals surface area (Å²) in [5.41, 5.74) is 6.63. The van der Waals surface area contributed by atoms with Gasteiger partial charge in [-0.1, -0.05) is 17.7 Å². The molecule has 1 aromatic carbocycles. The Morgan fingerprint density at radius 3 is 2.79 bits per heavy atom. The van der Waals surface area contributed by atoms with Crippen molar-refractivity contribution < 1.29 is 4.79 Å². The van der Waals surface area contributed by atoms with E-state index >= 15 is 0 Å². The van der Waals surface area contributed by atoms with E-state index in [9.17, 15) is 4.79 Å². The van der Waals surface area contributed by atoms with Crippen molar-refractivity contribution in [3.63, 3.8) is 0 Å². The van der Waals surface area contributed by atoms with E-state index in [1.165, 1.54) is 17.8 Å². The molecule has 0 radical (unpaired) electrons. The predicted molar refractivity (Wildman–Crippen MR) is 81.0 cm³/mol. The second-order valence-electron chi connectivity index (χ2n) is 4.96. The van der Waals surface area contributed by atoms with Crippen molar-refractivity contribution in [3.8, 4) is 0 Å². The highest BCUT2D eigenvalue weighted by Crippen LogP contribution is 2.39. The lowest BCUT2D eigenvalue weighted by Crippen LogP contribution is -2.41. The highest BCUT2D eigenvalue weighted by atomic mass is 35.5. The molecule has 2 aromatic rings. The van der Waals surface area contributed by atoms with Crippen LogP contribution in [0.2, 0.25) is 5.02 Å². The van der Waals surface area contributed by atoms with Gasteiger partial charge >= 0.3 is 0 Å². The number of anilines is 1. The number of amides is 1. The Morgan fingerprint density at radius 2 is 2.21 bits per heavy atom. The molecule has 3 nitrogen and oxygen atoms in total. The van der Waals surface area contributed by atoms with Crippen LogP contribution in [0.3, 0.4) is 0 Å². The van der Waals surface area contributed by atoms with Gasteiger partial charge in [0.2, 0.25) is 0 Å². The molecule has 0 spiro atoms. The summed E-state index contributed by atoms with van der Waals surface area (Å²) in [7, 11) is 1.86. The molecule has 0 unspecified atom stereocenters. The number of nitrogens with two attached hydrogens (primary N) is 1. The number of benzene rings is 1. The van der Waals surface area contributed by atoms with Crippen LogP contribution in [0.1, 0.15) is 28.9 Å². The summed E-state index contributed by atoms with van der Waals surface area (Å²) in [6, 6.07) is 6.00. The van der Waals surface area contributed by atoms with E-state index in [0.29, 0.717) is 21.6 Å². The number of nitrogens with zero attached hydrogens (tertiary/aromatic N) is 1. The fourth-order valence-electron chi connectivity index (χ4n) is 2.39. The number of carbonyl (C=O) groups is 1. The monoisotopic (exact) mass is 294 g/mol. The Balaban J connectivity index is 2.03. The smallest absolute Gasteiger partial charge is 0.266 e. The Bertz CT molecular complexity index is 648. The van der Waals surface area contributed by atoms with Crippen LogP contribution in [0, 0.1) is 0 Å². The summed E-state index contributed by atoms with van der Waals surface area (Å²) in [4.78, 5) is 14.9. The molecule has 1 aromatic heterocycles. The molecule has 1 fully saturated rings. The molecule has 5 heteroatoms. The van der Waals surface area contributed by atoms with E-state index in [-0.39, 0.29) is 5.91 Å². The van der Waals surface area contributed by atoms with Gasteiger partial charge in [0.15, 0.2) is 0 Å². The Morgan fingerprint density at radius 1 is 1.47 bits per heavy atom. The highest BCUT2D eigenvalue weighted by molar-refractivity contribution is 7.21. The van der Waals surface area contributed by atoms with Gasteiger partial charge in [0.1, 0.15) is 4.88 Å². The van der Waals surface area contributed by atoms with E-state index in [1.807, 2.05) is 24.1 Å². The molecule has 1 aliphatic rings. The van der Waals surface area contributed by atoms with Crippen LogP contribution >= 0.6 is 22.9 Å². The van der Waals surface area contributed by atoms with Gasteiger partial charge in [0.25, 0.3) is 5.91 Å². The molecule has 1 saturated carbocycles. The van der Waals surface area contributed by atoms with Crippen molar-refractivity contribution in [3.05, 3.63) is 28.1 Å². The lowest BCUT2D eigenvalue weighted by atomic mass is 9.92. The van der Waals surface area contributed by atoms with Gasteiger partial charge in [-0.3, -0.25) is 4.79 Å². The summed E-state index contributed by atoms with van der Waals surface area (Å²) in [5.74, 6) is 0.0134. The SMILES string of the molecule is CN(C(=O)c1sc2cccc(Cl)c2c1N)C1CCC1. The van der Waals surface area contributed by atoms with Gasteiger partial charge in [-0.15, -0.1) is 11.3 Å². The Labute approximate surface area is 121 Å². The number of fused-ring (bicyclic) bond motifs is 1. The standard InChI is InChI=1S/C14H15ClN2OS/c1-17(8-4-2-5-8)14(18)13-12(16)11-9(15)6-3-7-10(11)19-13/h3,6-8H,2,4-5,16H2,1H3. The van der Waals surface area contributed by atoms with Crippen molar-refractivity contribution in [1.29, 1.82) is 0 Å². The quantitative estimate of drug-likeness (QED) is 0.916. The van der Waals surface area contributed by atoms with E-state index in [2.05, 4.69) is 0 Å². The summed E-state index contributed by atoms with van der Waals surface area (Å²) >= 11 is 7.59. The molecule has 0 aliphatic heterocycles. The molecule has 0 saturated heterocycles. The van der Waals surface area contributed by atoms with E-state index in [4.69, 9.17) is 17.3 Å². The van der Waals surface area contributed by atoms with E-state index in [1.54, 1.807) is 6.07 Å². The number of halogens is 1. The molecule has 1 amide bonds. The van der Waals surface area contributed by atoms with Gasteiger partial charge < -0.3 is 10.6 Å². The van der Waals surface area contributed by atoms with Crippen LogP contribution < -0.4 is 5.73 Å². The number of hydrogen-bond donors (Lipinski definition) is 1. The number of hydrogen-bond acceptors (Lipinski definition) is 3. The number of rotatable bonds is 2. The van der Waals surface area contributed by atoms with E-state index < -0.39 is 0 Å². The van der Waals surface area contributed by atoms with Crippen LogP contribution in [0.5, 0.6) is 0 Å². The van der Waals surface area contributed by atoms with Crippen LogP contribution in [0.4, 0.5) is 5.69 Å². The molecular weight excluding hydrogens is 280 g/mol. The maximum Gasteiger partial charge on any atom is 0.266 e. The summed E-state index contributed by atoms with van der Waals surface area (Å²) in [6.07, 6.45) is 3.39. The maximum absolute atomic E-state index is 12.5.